The van der Waals surface area contributed by atoms with E-state index < -0.39 is 0 Å². The Morgan fingerprint density at radius 2 is 2.12 bits per heavy atom. The van der Waals surface area contributed by atoms with Crippen LogP contribution in [0.4, 0.5) is 11.6 Å². The third kappa shape index (κ3) is 3.28. The number of anilines is 2. The number of rotatable bonds is 5. The SMILES string of the molecule is C[C@H](CNc1cc(-c2ccc(N)nc2)ncn1)c1ccnc2c1OCC2. The van der Waals surface area contributed by atoms with Crippen LogP contribution in [-0.4, -0.2) is 33.1 Å². The molecular formula is C19H20N6O. The highest BCUT2D eigenvalue weighted by molar-refractivity contribution is 5.62. The van der Waals surface area contributed by atoms with Gasteiger partial charge in [-0.25, -0.2) is 15.0 Å². The maximum atomic E-state index is 5.76. The number of hydrogen-bond acceptors (Lipinski definition) is 7. The number of nitrogens with zero attached hydrogens (tertiary/aromatic N) is 4. The zero-order chi connectivity index (χ0) is 17.9. The highest BCUT2D eigenvalue weighted by Gasteiger charge is 2.20. The summed E-state index contributed by atoms with van der Waals surface area (Å²) in [5.41, 5.74) is 9.57. The Bertz CT molecular complexity index is 912. The fraction of sp³-hybridized carbons (Fsp3) is 0.263. The van der Waals surface area contributed by atoms with Crippen LogP contribution in [0.2, 0.25) is 0 Å². The Kier molecular flexibility index (Phi) is 4.35. The third-order valence-electron chi connectivity index (χ3n) is 4.46. The molecule has 3 N–H and O–H groups in total. The minimum atomic E-state index is 0.265. The first-order chi connectivity index (χ1) is 12.7. The molecule has 0 fully saturated rings. The molecule has 0 saturated heterocycles. The van der Waals surface area contributed by atoms with Crippen molar-refractivity contribution in [2.24, 2.45) is 0 Å². The molecule has 3 aromatic rings. The number of fused-ring (bicyclic) bond motifs is 1. The summed E-state index contributed by atoms with van der Waals surface area (Å²) in [7, 11) is 0. The maximum absolute atomic E-state index is 5.76. The highest BCUT2D eigenvalue weighted by Crippen LogP contribution is 2.32. The zero-order valence-corrected chi connectivity index (χ0v) is 14.5. The van der Waals surface area contributed by atoms with Crippen LogP contribution in [0.25, 0.3) is 11.3 Å². The topological polar surface area (TPSA) is 98.8 Å². The van der Waals surface area contributed by atoms with Gasteiger partial charge in [-0.3, -0.25) is 4.98 Å². The minimum Gasteiger partial charge on any atom is -0.491 e. The second kappa shape index (κ2) is 6.95. The van der Waals surface area contributed by atoms with Gasteiger partial charge in [0.2, 0.25) is 0 Å². The van der Waals surface area contributed by atoms with Crippen LogP contribution in [0.5, 0.6) is 5.75 Å². The van der Waals surface area contributed by atoms with Crippen molar-refractivity contribution in [3.05, 3.63) is 54.2 Å². The molecule has 1 aliphatic heterocycles. The molecule has 3 aromatic heterocycles. The molecule has 4 heterocycles. The molecule has 0 spiro atoms. The Hall–Kier alpha value is -3.22. The van der Waals surface area contributed by atoms with E-state index in [0.717, 1.165) is 41.5 Å². The van der Waals surface area contributed by atoms with Crippen molar-refractivity contribution in [1.82, 2.24) is 19.9 Å². The van der Waals surface area contributed by atoms with Crippen LogP contribution in [0.3, 0.4) is 0 Å². The van der Waals surface area contributed by atoms with Crippen LogP contribution in [-0.2, 0) is 6.42 Å². The Balaban J connectivity index is 1.47. The molecule has 4 rings (SSSR count). The Morgan fingerprint density at radius 1 is 1.19 bits per heavy atom. The quantitative estimate of drug-likeness (QED) is 0.731. The molecule has 1 aliphatic rings. The number of ether oxygens (including phenoxy) is 1. The summed E-state index contributed by atoms with van der Waals surface area (Å²) in [4.78, 5) is 17.1. The second-order valence-corrected chi connectivity index (χ2v) is 6.32. The van der Waals surface area contributed by atoms with E-state index in [1.165, 1.54) is 5.56 Å². The van der Waals surface area contributed by atoms with Crippen molar-refractivity contribution in [3.8, 4) is 17.0 Å². The first-order valence-electron chi connectivity index (χ1n) is 8.59. The Morgan fingerprint density at radius 3 is 2.96 bits per heavy atom. The number of nitrogen functional groups attached to an aromatic ring is 1. The molecular weight excluding hydrogens is 328 g/mol. The molecule has 7 heteroatoms. The molecule has 0 radical (unpaired) electrons. The number of nitrogens with one attached hydrogen (secondary N) is 1. The predicted molar refractivity (Wildman–Crippen MR) is 100 cm³/mol. The van der Waals surface area contributed by atoms with E-state index in [0.29, 0.717) is 12.4 Å². The molecule has 26 heavy (non-hydrogen) atoms. The average molecular weight is 348 g/mol. The van der Waals surface area contributed by atoms with E-state index in [1.807, 2.05) is 24.4 Å². The number of nitrogens with two attached hydrogens (primary N) is 1. The largest absolute Gasteiger partial charge is 0.491 e. The van der Waals surface area contributed by atoms with Crippen LogP contribution in [0.15, 0.2) is 43.0 Å². The fourth-order valence-corrected chi connectivity index (χ4v) is 3.03. The third-order valence-corrected chi connectivity index (χ3v) is 4.46. The normalized spacial score (nSPS) is 13.7. The van der Waals surface area contributed by atoms with Gasteiger partial charge in [-0.15, -0.1) is 0 Å². The van der Waals surface area contributed by atoms with Gasteiger partial charge in [0.15, 0.2) is 0 Å². The van der Waals surface area contributed by atoms with E-state index in [2.05, 4.69) is 32.2 Å². The molecule has 0 amide bonds. The molecule has 0 aliphatic carbocycles. The summed E-state index contributed by atoms with van der Waals surface area (Å²) in [6.45, 7) is 3.61. The van der Waals surface area contributed by atoms with Crippen LogP contribution in [0, 0.1) is 0 Å². The van der Waals surface area contributed by atoms with E-state index >= 15 is 0 Å². The monoisotopic (exact) mass is 348 g/mol. The number of aromatic nitrogens is 4. The van der Waals surface area contributed by atoms with Crippen LogP contribution < -0.4 is 15.8 Å². The van der Waals surface area contributed by atoms with Gasteiger partial charge in [-0.1, -0.05) is 6.92 Å². The summed E-state index contributed by atoms with van der Waals surface area (Å²) in [6, 6.07) is 7.60. The number of pyridine rings is 2. The first-order valence-corrected chi connectivity index (χ1v) is 8.59. The van der Waals surface area contributed by atoms with E-state index in [9.17, 15) is 0 Å². The van der Waals surface area contributed by atoms with Crippen molar-refractivity contribution in [3.63, 3.8) is 0 Å². The highest BCUT2D eigenvalue weighted by atomic mass is 16.5. The standard InChI is InChI=1S/C19H20N6O/c1-12(14-4-6-21-15-5-7-26-19(14)15)9-23-18-8-16(24-11-25-18)13-2-3-17(20)22-10-13/h2-4,6,8,10-12H,5,7,9H2,1H3,(H2,20,22)(H,23,24,25)/t12-/m1/s1. The van der Waals surface area contributed by atoms with Crippen molar-refractivity contribution >= 4 is 11.6 Å². The zero-order valence-electron chi connectivity index (χ0n) is 14.5. The number of hydrogen-bond donors (Lipinski definition) is 2. The molecule has 1 atom stereocenters. The lowest BCUT2D eigenvalue weighted by Gasteiger charge is -2.16. The average Bonchev–Trinajstić information content (AvgIpc) is 3.16. The minimum absolute atomic E-state index is 0.265. The summed E-state index contributed by atoms with van der Waals surface area (Å²) in [6.07, 6.45) is 6.00. The molecule has 0 unspecified atom stereocenters. The van der Waals surface area contributed by atoms with Gasteiger partial charge in [0.1, 0.15) is 23.7 Å². The van der Waals surface area contributed by atoms with Crippen LogP contribution >= 0.6 is 0 Å². The molecule has 7 nitrogen and oxygen atoms in total. The van der Waals surface area contributed by atoms with Crippen molar-refractivity contribution in [2.75, 3.05) is 24.2 Å². The van der Waals surface area contributed by atoms with Crippen LogP contribution in [0.1, 0.15) is 24.1 Å². The first kappa shape index (κ1) is 16.3. The van der Waals surface area contributed by atoms with Gasteiger partial charge in [-0.2, -0.15) is 0 Å². The smallest absolute Gasteiger partial charge is 0.144 e. The second-order valence-electron chi connectivity index (χ2n) is 6.32. The summed E-state index contributed by atoms with van der Waals surface area (Å²) >= 11 is 0. The summed E-state index contributed by atoms with van der Waals surface area (Å²) < 4.78 is 5.76. The van der Waals surface area contributed by atoms with E-state index in [1.54, 1.807) is 18.6 Å². The van der Waals surface area contributed by atoms with E-state index in [4.69, 9.17) is 10.5 Å². The van der Waals surface area contributed by atoms with E-state index in [-0.39, 0.29) is 5.92 Å². The maximum Gasteiger partial charge on any atom is 0.144 e. The van der Waals surface area contributed by atoms with Gasteiger partial charge < -0.3 is 15.8 Å². The lowest BCUT2D eigenvalue weighted by molar-refractivity contribution is 0.352. The summed E-state index contributed by atoms with van der Waals surface area (Å²) in [5, 5.41) is 3.38. The van der Waals surface area contributed by atoms with Gasteiger partial charge in [0.05, 0.1) is 18.0 Å². The molecule has 132 valence electrons. The molecule has 0 bridgehead atoms. The molecule has 0 saturated carbocycles. The van der Waals surface area contributed by atoms with Gasteiger partial charge in [0, 0.05) is 48.5 Å². The lowest BCUT2D eigenvalue weighted by Crippen LogP contribution is -2.12. The van der Waals surface area contributed by atoms with Gasteiger partial charge >= 0.3 is 0 Å². The Labute approximate surface area is 151 Å². The van der Waals surface area contributed by atoms with Crippen molar-refractivity contribution in [2.45, 2.75) is 19.3 Å². The summed E-state index contributed by atoms with van der Waals surface area (Å²) in [5.74, 6) is 2.46. The molecule has 0 aromatic carbocycles. The fourth-order valence-electron chi connectivity index (χ4n) is 3.03. The van der Waals surface area contributed by atoms with Crippen molar-refractivity contribution in [1.29, 1.82) is 0 Å². The predicted octanol–water partition coefficient (Wildman–Crippen LogP) is 2.67. The van der Waals surface area contributed by atoms with Gasteiger partial charge in [-0.05, 0) is 18.2 Å². The van der Waals surface area contributed by atoms with Crippen molar-refractivity contribution < 1.29 is 4.74 Å². The van der Waals surface area contributed by atoms with Gasteiger partial charge in [0.25, 0.3) is 0 Å². The lowest BCUT2D eigenvalue weighted by atomic mass is 10.00.